The summed E-state index contributed by atoms with van der Waals surface area (Å²) < 4.78 is 7.58. The van der Waals surface area contributed by atoms with E-state index in [1.807, 2.05) is 43.5 Å². The number of morpholine rings is 1. The maximum atomic E-state index is 14.4. The predicted molar refractivity (Wildman–Crippen MR) is 204 cm³/mol. The molecule has 0 radical (unpaired) electrons. The molecule has 5 aromatic rings. The number of fused-ring (bicyclic) bond motifs is 3. The summed E-state index contributed by atoms with van der Waals surface area (Å²) in [5.41, 5.74) is 2.17. The van der Waals surface area contributed by atoms with Crippen molar-refractivity contribution in [1.82, 2.24) is 9.47 Å². The summed E-state index contributed by atoms with van der Waals surface area (Å²) in [6, 6.07) is 21.1. The highest BCUT2D eigenvalue weighted by atomic mass is 32.1. The van der Waals surface area contributed by atoms with Gasteiger partial charge in [0.15, 0.2) is 11.6 Å². The Balaban J connectivity index is 1.48. The summed E-state index contributed by atoms with van der Waals surface area (Å²) in [6.07, 6.45) is 2.64. The van der Waals surface area contributed by atoms with E-state index >= 15 is 0 Å². The molecule has 0 atom stereocenters. The topological polar surface area (TPSA) is 137 Å². The average molecular weight is 733 g/mol. The predicted octanol–water partition coefficient (Wildman–Crippen LogP) is 7.30. The Morgan fingerprint density at radius 3 is 2.36 bits per heavy atom. The van der Waals surface area contributed by atoms with Crippen molar-refractivity contribution in [3.05, 3.63) is 105 Å². The molecule has 3 heterocycles. The largest absolute Gasteiger partial charge is 0.379 e. The minimum absolute atomic E-state index is 0.0339. The van der Waals surface area contributed by atoms with E-state index < -0.39 is 17.3 Å². The summed E-state index contributed by atoms with van der Waals surface area (Å²) in [6.45, 7) is 8.80. The molecule has 1 aliphatic rings. The van der Waals surface area contributed by atoms with Crippen LogP contribution in [0, 0.1) is 0 Å². The van der Waals surface area contributed by atoms with Crippen LogP contribution in [0.15, 0.2) is 88.3 Å². The van der Waals surface area contributed by atoms with Crippen LogP contribution < -0.4 is 0 Å². The van der Waals surface area contributed by atoms with Crippen molar-refractivity contribution in [3.63, 3.8) is 0 Å². The number of benzene rings is 3. The summed E-state index contributed by atoms with van der Waals surface area (Å²) in [4.78, 5) is 77.3. The molecule has 12 heteroatoms. The van der Waals surface area contributed by atoms with E-state index in [-0.39, 0.29) is 30.2 Å². The molecule has 0 bridgehead atoms. The molecule has 0 aliphatic carbocycles. The highest BCUT2D eigenvalue weighted by molar-refractivity contribution is 7.11. The summed E-state index contributed by atoms with van der Waals surface area (Å²) >= 11 is 1.20. The van der Waals surface area contributed by atoms with Crippen molar-refractivity contribution in [1.29, 1.82) is 0 Å². The third kappa shape index (κ3) is 7.86. The molecular weight excluding hydrogens is 693 g/mol. The molecule has 6 rings (SSSR count). The van der Waals surface area contributed by atoms with E-state index in [1.165, 1.54) is 17.4 Å². The number of carbonyl (C=O) groups excluding carboxylic acids is 5. The van der Waals surface area contributed by atoms with E-state index in [2.05, 4.69) is 15.0 Å². The summed E-state index contributed by atoms with van der Waals surface area (Å²) in [7, 11) is 0. The molecule has 0 amide bonds. The van der Waals surface area contributed by atoms with Gasteiger partial charge in [-0.2, -0.15) is 0 Å². The number of hydrogen-bond donors (Lipinski definition) is 0. The Bertz CT molecular complexity index is 2240. The van der Waals surface area contributed by atoms with Crippen LogP contribution in [0.4, 0.5) is 0 Å². The zero-order chi connectivity index (χ0) is 37.5. The highest BCUT2D eigenvalue weighted by Gasteiger charge is 2.37. The van der Waals surface area contributed by atoms with E-state index in [0.717, 1.165) is 5.52 Å². The number of aromatic nitrogens is 1. The van der Waals surface area contributed by atoms with Crippen molar-refractivity contribution < 1.29 is 33.5 Å². The molecule has 3 aromatic carbocycles. The average Bonchev–Trinajstić information content (AvgIpc) is 3.85. The van der Waals surface area contributed by atoms with E-state index in [1.54, 1.807) is 60.0 Å². The number of isocyanates is 1. The number of Topliss-reactive ketones (excluding diaryl/α,β-unsaturated/α-hetero) is 2. The lowest BCUT2D eigenvalue weighted by Crippen LogP contribution is -2.54. The van der Waals surface area contributed by atoms with Gasteiger partial charge in [0.05, 0.1) is 30.8 Å². The number of aliphatic imine (C=N–C) groups is 1. The van der Waals surface area contributed by atoms with E-state index in [4.69, 9.17) is 9.57 Å². The molecule has 11 nitrogen and oxygen atoms in total. The fourth-order valence-electron chi connectivity index (χ4n) is 6.81. The third-order valence-electron chi connectivity index (χ3n) is 9.66. The molecule has 1 saturated heterocycles. The number of rotatable bonds is 15. The normalized spacial score (nSPS) is 13.9. The molecule has 0 N–H and O–H groups in total. The van der Waals surface area contributed by atoms with Crippen molar-refractivity contribution in [2.45, 2.75) is 52.1 Å². The molecule has 0 spiro atoms. The van der Waals surface area contributed by atoms with E-state index in [9.17, 15) is 24.0 Å². The molecule has 0 saturated carbocycles. The number of oxime groups is 1. The second-order valence-electron chi connectivity index (χ2n) is 13.2. The highest BCUT2D eigenvalue weighted by Crippen LogP contribution is 2.36. The number of thiophene rings is 1. The standard InChI is InChI=1S/C41H40N4O7S/c1-4-45-34-16-15-28(38(48)33(13-8-9-17-42-26-46)43-52-40(50)35-14-10-22-53-35)23-30(34)31-24-29(39(49)41(2,3)44-18-20-51-21-19-44)25-32(36(31)45)37(47)27-11-6-5-7-12-27/h5-7,10-12,14-16,22-25H,4,8-9,13,17-21H2,1-3H3/b43-33+. The Morgan fingerprint density at radius 1 is 0.906 bits per heavy atom. The zero-order valence-corrected chi connectivity index (χ0v) is 30.7. The van der Waals surface area contributed by atoms with Crippen LogP contribution in [0.3, 0.4) is 0 Å². The van der Waals surface area contributed by atoms with Crippen molar-refractivity contribution >= 4 is 68.3 Å². The quantitative estimate of drug-likeness (QED) is 0.0273. The van der Waals surface area contributed by atoms with Crippen LogP contribution in [0.2, 0.25) is 0 Å². The van der Waals surface area contributed by atoms with Gasteiger partial charge in [0.2, 0.25) is 11.9 Å². The van der Waals surface area contributed by atoms with Gasteiger partial charge in [0, 0.05) is 58.2 Å². The van der Waals surface area contributed by atoms with Crippen LogP contribution in [0.5, 0.6) is 0 Å². The van der Waals surface area contributed by atoms with Crippen molar-refractivity contribution in [2.24, 2.45) is 10.1 Å². The van der Waals surface area contributed by atoms with Gasteiger partial charge in [-0.1, -0.05) is 41.6 Å². The fraction of sp³-hybridized carbons (Fsp3) is 0.317. The van der Waals surface area contributed by atoms with Gasteiger partial charge in [-0.05, 0) is 81.8 Å². The second-order valence-corrected chi connectivity index (χ2v) is 14.2. The first-order valence-electron chi connectivity index (χ1n) is 17.6. The van der Waals surface area contributed by atoms with Gasteiger partial charge in [0.1, 0.15) is 10.6 Å². The smallest absolute Gasteiger partial charge is 0.375 e. The maximum Gasteiger partial charge on any atom is 0.375 e. The number of carbonyl (C=O) groups is 4. The van der Waals surface area contributed by atoms with Crippen LogP contribution in [0.25, 0.3) is 21.8 Å². The molecule has 272 valence electrons. The minimum atomic E-state index is -0.877. The number of ketones is 3. The summed E-state index contributed by atoms with van der Waals surface area (Å²) in [5.74, 6) is -1.47. The van der Waals surface area contributed by atoms with Gasteiger partial charge in [0.25, 0.3) is 0 Å². The molecule has 1 aliphatic heterocycles. The van der Waals surface area contributed by atoms with Gasteiger partial charge >= 0.3 is 5.97 Å². The van der Waals surface area contributed by atoms with Crippen molar-refractivity contribution in [2.75, 3.05) is 32.8 Å². The zero-order valence-electron chi connectivity index (χ0n) is 29.9. The number of nitrogens with zero attached hydrogens (tertiary/aromatic N) is 4. The number of ether oxygens (including phenoxy) is 1. The van der Waals surface area contributed by atoms with Crippen LogP contribution in [0.1, 0.15) is 86.3 Å². The SMILES string of the molecule is CCn1c2ccc(C(=O)/C(CCCCN=C=O)=N/OC(=O)c3cccs3)cc2c2cc(C(=O)C(C)(C)N3CCOCC3)cc(C(=O)c3ccccc3)c21. The Kier molecular flexibility index (Phi) is 11.6. The lowest BCUT2D eigenvalue weighted by Gasteiger charge is -2.39. The fourth-order valence-corrected chi connectivity index (χ4v) is 7.40. The van der Waals surface area contributed by atoms with Crippen LogP contribution in [-0.4, -0.2) is 83.0 Å². The Hall–Kier alpha value is -5.39. The molecule has 1 fully saturated rings. The molecule has 2 aromatic heterocycles. The van der Waals surface area contributed by atoms with Crippen LogP contribution in [-0.2, 0) is 20.9 Å². The maximum absolute atomic E-state index is 14.4. The second kappa shape index (κ2) is 16.5. The third-order valence-corrected chi connectivity index (χ3v) is 10.5. The van der Waals surface area contributed by atoms with Crippen LogP contribution >= 0.6 is 11.3 Å². The number of hydrogen-bond acceptors (Lipinski definition) is 11. The Morgan fingerprint density at radius 2 is 1.66 bits per heavy atom. The lowest BCUT2D eigenvalue weighted by molar-refractivity contribution is -0.00429. The molecule has 53 heavy (non-hydrogen) atoms. The first-order valence-corrected chi connectivity index (χ1v) is 18.5. The number of aryl methyl sites for hydroxylation is 1. The van der Waals surface area contributed by atoms with Crippen molar-refractivity contribution in [3.8, 4) is 0 Å². The molecule has 0 unspecified atom stereocenters. The lowest BCUT2D eigenvalue weighted by atomic mass is 9.88. The summed E-state index contributed by atoms with van der Waals surface area (Å²) in [5, 5.41) is 7.11. The monoisotopic (exact) mass is 732 g/mol. The first kappa shape index (κ1) is 37.4. The van der Waals surface area contributed by atoms with Gasteiger partial charge in [-0.25, -0.2) is 14.6 Å². The van der Waals surface area contributed by atoms with E-state index in [0.29, 0.717) is 89.1 Å². The number of unbranched alkanes of at least 4 members (excludes halogenated alkanes) is 1. The Labute approximate surface area is 310 Å². The first-order chi connectivity index (χ1) is 25.6. The molecular formula is C41H40N4O7S. The van der Waals surface area contributed by atoms with Gasteiger partial charge < -0.3 is 14.1 Å². The minimum Gasteiger partial charge on any atom is -0.379 e. The van der Waals surface area contributed by atoms with Gasteiger partial charge in [-0.15, -0.1) is 11.3 Å². The van der Waals surface area contributed by atoms with Gasteiger partial charge in [-0.3, -0.25) is 19.3 Å².